The van der Waals surface area contributed by atoms with Crippen molar-refractivity contribution in [2.45, 2.75) is 26.7 Å². The molecule has 0 spiro atoms. The van der Waals surface area contributed by atoms with Gasteiger partial charge in [0.25, 0.3) is 0 Å². The molecular weight excluding hydrogens is 214 g/mol. The van der Waals surface area contributed by atoms with Crippen LogP contribution < -0.4 is 10.6 Å². The number of hydrogen-bond acceptors (Lipinski definition) is 4. The average molecular weight is 233 g/mol. The third kappa shape index (κ3) is 2.38. The first kappa shape index (κ1) is 11.8. The van der Waals surface area contributed by atoms with Gasteiger partial charge in [-0.05, 0) is 25.8 Å². The van der Waals surface area contributed by atoms with Crippen LogP contribution in [0, 0.1) is 17.7 Å². The Bertz CT molecular complexity index is 421. The van der Waals surface area contributed by atoms with Crippen molar-refractivity contribution in [2.24, 2.45) is 11.1 Å². The van der Waals surface area contributed by atoms with Gasteiger partial charge in [0, 0.05) is 24.7 Å². The molecule has 1 aliphatic rings. The van der Waals surface area contributed by atoms with E-state index in [2.05, 4.69) is 21.8 Å². The first-order chi connectivity index (χ1) is 8.01. The van der Waals surface area contributed by atoms with Gasteiger partial charge in [0.1, 0.15) is 11.6 Å². The molecule has 0 aliphatic carbocycles. The van der Waals surface area contributed by atoms with Gasteiger partial charge < -0.3 is 10.6 Å². The van der Waals surface area contributed by atoms with Gasteiger partial charge in [-0.1, -0.05) is 6.92 Å². The van der Waals surface area contributed by atoms with Crippen LogP contribution in [0.25, 0.3) is 0 Å². The molecule has 0 saturated carbocycles. The predicted molar refractivity (Wildman–Crippen MR) is 68.2 cm³/mol. The molecule has 0 radical (unpaired) electrons. The minimum atomic E-state index is -0.140. The number of rotatable bonds is 2. The Labute approximate surface area is 102 Å². The van der Waals surface area contributed by atoms with Gasteiger partial charge in [0.2, 0.25) is 0 Å². The number of amidine groups is 1. The molecule has 2 heterocycles. The van der Waals surface area contributed by atoms with Crippen LogP contribution >= 0.6 is 0 Å². The van der Waals surface area contributed by atoms with Gasteiger partial charge in [0.15, 0.2) is 0 Å². The van der Waals surface area contributed by atoms with E-state index >= 15 is 0 Å². The van der Waals surface area contributed by atoms with E-state index in [1.54, 1.807) is 6.20 Å². The summed E-state index contributed by atoms with van der Waals surface area (Å²) in [7, 11) is 0. The zero-order valence-electron chi connectivity index (χ0n) is 10.4. The summed E-state index contributed by atoms with van der Waals surface area (Å²) in [5, 5.41) is 7.62. The van der Waals surface area contributed by atoms with Crippen molar-refractivity contribution in [3.05, 3.63) is 18.1 Å². The molecule has 0 atom stereocenters. The van der Waals surface area contributed by atoms with Crippen LogP contribution in [-0.4, -0.2) is 28.9 Å². The Balaban J connectivity index is 2.07. The number of aryl methyl sites for hydroxylation is 1. The molecule has 1 saturated heterocycles. The molecule has 0 unspecified atom stereocenters. The molecule has 1 aromatic rings. The van der Waals surface area contributed by atoms with E-state index in [1.165, 1.54) is 0 Å². The predicted octanol–water partition coefficient (Wildman–Crippen LogP) is 1.33. The number of nitrogens with two attached hydrogens (primary N) is 1. The summed E-state index contributed by atoms with van der Waals surface area (Å²) in [6.07, 6.45) is 3.60. The van der Waals surface area contributed by atoms with Crippen LogP contribution in [0.3, 0.4) is 0 Å². The summed E-state index contributed by atoms with van der Waals surface area (Å²) >= 11 is 0. The van der Waals surface area contributed by atoms with E-state index in [1.807, 2.05) is 13.0 Å². The summed E-state index contributed by atoms with van der Waals surface area (Å²) in [5.74, 6) is 2.07. The van der Waals surface area contributed by atoms with E-state index in [9.17, 15) is 0 Å². The number of anilines is 1. The molecule has 0 aromatic carbocycles. The topological polar surface area (TPSA) is 78.9 Å². The quantitative estimate of drug-likeness (QED) is 0.596. The highest BCUT2D eigenvalue weighted by Crippen LogP contribution is 2.32. The fourth-order valence-electron chi connectivity index (χ4n) is 2.12. The smallest absolute Gasteiger partial charge is 0.132 e. The highest BCUT2D eigenvalue weighted by atomic mass is 15.2. The Morgan fingerprint density at radius 1 is 1.47 bits per heavy atom. The number of aromatic nitrogens is 2. The van der Waals surface area contributed by atoms with Crippen LogP contribution in [0.2, 0.25) is 0 Å². The van der Waals surface area contributed by atoms with Crippen molar-refractivity contribution in [2.75, 3.05) is 18.0 Å². The second kappa shape index (κ2) is 4.31. The SMILES string of the molecule is Cc1nccc(N2CCC(C)(C(=N)N)CC2)n1. The van der Waals surface area contributed by atoms with Gasteiger partial charge in [-0.2, -0.15) is 0 Å². The number of hydrogen-bond donors (Lipinski definition) is 2. The van der Waals surface area contributed by atoms with E-state index in [4.69, 9.17) is 11.1 Å². The van der Waals surface area contributed by atoms with Crippen LogP contribution in [-0.2, 0) is 0 Å². The lowest BCUT2D eigenvalue weighted by molar-refractivity contribution is 0.350. The van der Waals surface area contributed by atoms with Gasteiger partial charge in [0.05, 0.1) is 5.84 Å². The standard InChI is InChI=1S/C12H19N5/c1-9-15-6-3-10(16-9)17-7-4-12(2,5-8-17)11(13)14/h3,6H,4-5,7-8H2,1-2H3,(H3,13,14). The zero-order chi connectivity index (χ0) is 12.5. The van der Waals surface area contributed by atoms with Crippen LogP contribution in [0.5, 0.6) is 0 Å². The Morgan fingerprint density at radius 3 is 2.65 bits per heavy atom. The third-order valence-electron chi connectivity index (χ3n) is 3.60. The second-order valence-electron chi connectivity index (χ2n) is 4.92. The molecule has 1 fully saturated rings. The largest absolute Gasteiger partial charge is 0.387 e. The molecule has 0 amide bonds. The lowest BCUT2D eigenvalue weighted by atomic mass is 9.79. The fraction of sp³-hybridized carbons (Fsp3) is 0.583. The summed E-state index contributed by atoms with van der Waals surface area (Å²) < 4.78 is 0. The van der Waals surface area contributed by atoms with Crippen molar-refractivity contribution in [1.82, 2.24) is 9.97 Å². The average Bonchev–Trinajstić information content (AvgIpc) is 2.30. The number of nitrogens with one attached hydrogen (secondary N) is 1. The van der Waals surface area contributed by atoms with Gasteiger partial charge in [-0.15, -0.1) is 0 Å². The lowest BCUT2D eigenvalue weighted by Crippen LogP contribution is -2.45. The molecular formula is C12H19N5. The molecule has 92 valence electrons. The van der Waals surface area contributed by atoms with Gasteiger partial charge in [-0.25, -0.2) is 9.97 Å². The van der Waals surface area contributed by atoms with Crippen molar-refractivity contribution in [3.63, 3.8) is 0 Å². The van der Waals surface area contributed by atoms with Gasteiger partial charge >= 0.3 is 0 Å². The molecule has 5 heteroatoms. The number of piperidine rings is 1. The number of nitrogens with zero attached hydrogens (tertiary/aromatic N) is 3. The zero-order valence-corrected chi connectivity index (χ0v) is 10.4. The first-order valence-electron chi connectivity index (χ1n) is 5.90. The summed E-state index contributed by atoms with van der Waals surface area (Å²) in [6.45, 7) is 5.75. The van der Waals surface area contributed by atoms with Crippen LogP contribution in [0.1, 0.15) is 25.6 Å². The van der Waals surface area contributed by atoms with Crippen molar-refractivity contribution in [3.8, 4) is 0 Å². The third-order valence-corrected chi connectivity index (χ3v) is 3.60. The minimum Gasteiger partial charge on any atom is -0.387 e. The Kier molecular flexibility index (Phi) is 3.00. The van der Waals surface area contributed by atoms with Crippen LogP contribution in [0.4, 0.5) is 5.82 Å². The second-order valence-corrected chi connectivity index (χ2v) is 4.92. The maximum absolute atomic E-state index is 7.62. The first-order valence-corrected chi connectivity index (χ1v) is 5.90. The minimum absolute atomic E-state index is 0.140. The summed E-state index contributed by atoms with van der Waals surface area (Å²) in [5.41, 5.74) is 5.51. The van der Waals surface area contributed by atoms with E-state index in [0.29, 0.717) is 5.84 Å². The maximum Gasteiger partial charge on any atom is 0.132 e. The Hall–Kier alpha value is -1.65. The molecule has 2 rings (SSSR count). The lowest BCUT2D eigenvalue weighted by Gasteiger charge is -2.39. The van der Waals surface area contributed by atoms with Crippen molar-refractivity contribution in [1.29, 1.82) is 5.41 Å². The molecule has 3 N–H and O–H groups in total. The highest BCUT2D eigenvalue weighted by Gasteiger charge is 2.33. The monoisotopic (exact) mass is 233 g/mol. The molecule has 5 nitrogen and oxygen atoms in total. The summed E-state index contributed by atoms with van der Waals surface area (Å²) in [6, 6.07) is 1.93. The fourth-order valence-corrected chi connectivity index (χ4v) is 2.12. The van der Waals surface area contributed by atoms with Crippen molar-refractivity contribution >= 4 is 11.7 Å². The molecule has 1 aromatic heterocycles. The van der Waals surface area contributed by atoms with Crippen molar-refractivity contribution < 1.29 is 0 Å². The normalized spacial score (nSPS) is 19.1. The van der Waals surface area contributed by atoms with E-state index in [0.717, 1.165) is 37.6 Å². The van der Waals surface area contributed by atoms with Crippen LogP contribution in [0.15, 0.2) is 12.3 Å². The van der Waals surface area contributed by atoms with E-state index < -0.39 is 0 Å². The Morgan fingerprint density at radius 2 is 2.12 bits per heavy atom. The van der Waals surface area contributed by atoms with Gasteiger partial charge in [-0.3, -0.25) is 5.41 Å². The summed E-state index contributed by atoms with van der Waals surface area (Å²) in [4.78, 5) is 10.8. The molecule has 1 aliphatic heterocycles. The molecule has 0 bridgehead atoms. The molecule has 17 heavy (non-hydrogen) atoms. The maximum atomic E-state index is 7.62. The highest BCUT2D eigenvalue weighted by molar-refractivity contribution is 5.83. The van der Waals surface area contributed by atoms with E-state index in [-0.39, 0.29) is 5.41 Å².